The van der Waals surface area contributed by atoms with Crippen LogP contribution in [0.15, 0.2) is 29.4 Å². The number of benzene rings is 1. The zero-order chi connectivity index (χ0) is 20.1. The maximum atomic E-state index is 12.4. The Morgan fingerprint density at radius 2 is 1.93 bits per heavy atom. The molecule has 0 unspecified atom stereocenters. The molecule has 1 aromatic heterocycles. The van der Waals surface area contributed by atoms with Crippen LogP contribution in [0.25, 0.3) is 0 Å². The third-order valence-electron chi connectivity index (χ3n) is 4.76. The van der Waals surface area contributed by atoms with Gasteiger partial charge in [0.05, 0.1) is 11.8 Å². The summed E-state index contributed by atoms with van der Waals surface area (Å²) in [5.41, 5.74) is 0.525. The average molecular weight is 422 g/mol. The van der Waals surface area contributed by atoms with Gasteiger partial charge in [-0.15, -0.1) is 10.2 Å². The molecule has 2 aromatic rings. The molecular formula is C19H24ClN5O2S. The molecule has 0 spiro atoms. The highest BCUT2D eigenvalue weighted by Gasteiger charge is 2.20. The van der Waals surface area contributed by atoms with Crippen LogP contribution in [0.2, 0.25) is 5.02 Å². The summed E-state index contributed by atoms with van der Waals surface area (Å²) in [6, 6.07) is 6.67. The second-order valence-corrected chi connectivity index (χ2v) is 8.32. The fourth-order valence-corrected chi connectivity index (χ4v) is 4.10. The minimum Gasteiger partial charge on any atom is -0.353 e. The van der Waals surface area contributed by atoms with Gasteiger partial charge in [-0.3, -0.25) is 9.59 Å². The predicted molar refractivity (Wildman–Crippen MR) is 109 cm³/mol. The first-order chi connectivity index (χ1) is 13.4. The Morgan fingerprint density at radius 3 is 2.61 bits per heavy atom. The van der Waals surface area contributed by atoms with E-state index in [2.05, 4.69) is 20.8 Å². The van der Waals surface area contributed by atoms with Crippen LogP contribution in [-0.2, 0) is 11.8 Å². The average Bonchev–Trinajstić information content (AvgIpc) is 3.30. The fraction of sp³-hybridized carbons (Fsp3) is 0.474. The summed E-state index contributed by atoms with van der Waals surface area (Å²) in [5, 5.41) is 15.5. The molecule has 1 aliphatic carbocycles. The van der Waals surface area contributed by atoms with Gasteiger partial charge in [-0.2, -0.15) is 0 Å². The molecule has 1 fully saturated rings. The van der Waals surface area contributed by atoms with Crippen LogP contribution in [0.5, 0.6) is 0 Å². The zero-order valence-corrected chi connectivity index (χ0v) is 17.5. The van der Waals surface area contributed by atoms with Crippen molar-refractivity contribution < 1.29 is 9.59 Å². The van der Waals surface area contributed by atoms with Crippen molar-refractivity contribution in [3.8, 4) is 0 Å². The van der Waals surface area contributed by atoms with Crippen LogP contribution in [0.4, 0.5) is 0 Å². The second kappa shape index (κ2) is 9.43. The third kappa shape index (κ3) is 5.26. The van der Waals surface area contributed by atoms with E-state index >= 15 is 0 Å². The molecule has 1 heterocycles. The van der Waals surface area contributed by atoms with Gasteiger partial charge >= 0.3 is 0 Å². The van der Waals surface area contributed by atoms with Crippen molar-refractivity contribution in [3.63, 3.8) is 0 Å². The number of hydrogen-bond donors (Lipinski definition) is 2. The number of nitrogens with zero attached hydrogens (tertiary/aromatic N) is 3. The van der Waals surface area contributed by atoms with E-state index in [4.69, 9.17) is 11.6 Å². The quantitative estimate of drug-likeness (QED) is 0.670. The normalized spacial score (nSPS) is 15.4. The SMILES string of the molecule is C[C@H](NC(=O)c1ccc(Cl)cc1)c1nnc(SCC(=O)NC2CCCC2)n1C. The lowest BCUT2D eigenvalue weighted by atomic mass is 10.2. The second-order valence-electron chi connectivity index (χ2n) is 6.94. The number of aromatic nitrogens is 3. The van der Waals surface area contributed by atoms with E-state index in [0.29, 0.717) is 33.4 Å². The van der Waals surface area contributed by atoms with Crippen molar-refractivity contribution in [1.82, 2.24) is 25.4 Å². The number of carbonyl (C=O) groups is 2. The first kappa shape index (κ1) is 20.7. The van der Waals surface area contributed by atoms with Gasteiger partial charge in [-0.05, 0) is 44.0 Å². The molecule has 1 aromatic carbocycles. The highest BCUT2D eigenvalue weighted by molar-refractivity contribution is 7.99. The summed E-state index contributed by atoms with van der Waals surface area (Å²) in [7, 11) is 1.83. The van der Waals surface area contributed by atoms with Crippen molar-refractivity contribution in [2.24, 2.45) is 7.05 Å². The Kier molecular flexibility index (Phi) is 6.96. The van der Waals surface area contributed by atoms with E-state index in [1.807, 2.05) is 14.0 Å². The van der Waals surface area contributed by atoms with Crippen molar-refractivity contribution in [2.75, 3.05) is 5.75 Å². The molecule has 2 amide bonds. The summed E-state index contributed by atoms with van der Waals surface area (Å²) in [6.07, 6.45) is 4.50. The summed E-state index contributed by atoms with van der Waals surface area (Å²) >= 11 is 7.20. The molecule has 3 rings (SSSR count). The lowest BCUT2D eigenvalue weighted by molar-refractivity contribution is -0.119. The van der Waals surface area contributed by atoms with Crippen molar-refractivity contribution in [2.45, 2.75) is 49.8 Å². The number of hydrogen-bond acceptors (Lipinski definition) is 5. The maximum absolute atomic E-state index is 12.4. The van der Waals surface area contributed by atoms with E-state index in [1.165, 1.54) is 24.6 Å². The van der Waals surface area contributed by atoms with Gasteiger partial charge in [0.15, 0.2) is 11.0 Å². The van der Waals surface area contributed by atoms with Crippen molar-refractivity contribution in [3.05, 3.63) is 40.7 Å². The minimum atomic E-state index is -0.331. The number of thioether (sulfide) groups is 1. The molecule has 1 aliphatic rings. The van der Waals surface area contributed by atoms with Gasteiger partial charge < -0.3 is 15.2 Å². The van der Waals surface area contributed by atoms with E-state index in [0.717, 1.165) is 12.8 Å². The molecule has 0 radical (unpaired) electrons. The molecule has 0 bridgehead atoms. The van der Waals surface area contributed by atoms with E-state index in [9.17, 15) is 9.59 Å². The van der Waals surface area contributed by atoms with Gasteiger partial charge in [0, 0.05) is 23.7 Å². The summed E-state index contributed by atoms with van der Waals surface area (Å²) < 4.78 is 1.81. The number of amides is 2. The van der Waals surface area contributed by atoms with Crippen LogP contribution in [-0.4, -0.2) is 38.4 Å². The summed E-state index contributed by atoms with van der Waals surface area (Å²) in [4.78, 5) is 24.5. The van der Waals surface area contributed by atoms with Gasteiger partial charge in [0.2, 0.25) is 5.91 Å². The van der Waals surface area contributed by atoms with Crippen LogP contribution in [0, 0.1) is 0 Å². The molecule has 1 atom stereocenters. The number of nitrogens with one attached hydrogen (secondary N) is 2. The van der Waals surface area contributed by atoms with Gasteiger partial charge in [0.1, 0.15) is 0 Å². The molecule has 9 heteroatoms. The van der Waals surface area contributed by atoms with Crippen LogP contribution in [0.3, 0.4) is 0 Å². The standard InChI is InChI=1S/C19H24ClN5O2S/c1-12(21-18(27)13-7-9-14(20)10-8-13)17-23-24-19(25(17)2)28-11-16(26)22-15-5-3-4-6-15/h7-10,12,15H,3-6,11H2,1-2H3,(H,21,27)(H,22,26)/t12-/m0/s1. The smallest absolute Gasteiger partial charge is 0.251 e. The highest BCUT2D eigenvalue weighted by Crippen LogP contribution is 2.21. The Bertz CT molecular complexity index is 833. The summed E-state index contributed by atoms with van der Waals surface area (Å²) in [5.74, 6) is 0.734. The summed E-state index contributed by atoms with van der Waals surface area (Å²) in [6.45, 7) is 1.85. The monoisotopic (exact) mass is 421 g/mol. The number of carbonyl (C=O) groups excluding carboxylic acids is 2. The van der Waals surface area contributed by atoms with Crippen molar-refractivity contribution in [1.29, 1.82) is 0 Å². The topological polar surface area (TPSA) is 88.9 Å². The van der Waals surface area contributed by atoms with Crippen LogP contribution in [0.1, 0.15) is 54.8 Å². The van der Waals surface area contributed by atoms with Gasteiger partial charge in [-0.1, -0.05) is 36.2 Å². The first-order valence-corrected chi connectivity index (χ1v) is 10.7. The highest BCUT2D eigenvalue weighted by atomic mass is 35.5. The maximum Gasteiger partial charge on any atom is 0.251 e. The fourth-order valence-electron chi connectivity index (χ4n) is 3.24. The molecule has 1 saturated carbocycles. The molecule has 7 nitrogen and oxygen atoms in total. The number of halogens is 1. The zero-order valence-electron chi connectivity index (χ0n) is 15.9. The first-order valence-electron chi connectivity index (χ1n) is 9.32. The molecule has 0 aliphatic heterocycles. The van der Waals surface area contributed by atoms with Gasteiger partial charge in [-0.25, -0.2) is 0 Å². The Hall–Kier alpha value is -2.06. The van der Waals surface area contributed by atoms with Gasteiger partial charge in [0.25, 0.3) is 5.91 Å². The van der Waals surface area contributed by atoms with E-state index in [-0.39, 0.29) is 17.9 Å². The van der Waals surface area contributed by atoms with Crippen molar-refractivity contribution >= 4 is 35.2 Å². The Labute approximate surface area is 173 Å². The third-order valence-corrected chi connectivity index (χ3v) is 6.03. The molecule has 2 N–H and O–H groups in total. The molecule has 0 saturated heterocycles. The Balaban J connectivity index is 1.54. The molecule has 150 valence electrons. The largest absolute Gasteiger partial charge is 0.353 e. The van der Waals surface area contributed by atoms with Crippen LogP contribution >= 0.6 is 23.4 Å². The van der Waals surface area contributed by atoms with Crippen LogP contribution < -0.4 is 10.6 Å². The number of rotatable bonds is 7. The molecule has 28 heavy (non-hydrogen) atoms. The molecular weight excluding hydrogens is 398 g/mol. The minimum absolute atomic E-state index is 0.0190. The van der Waals surface area contributed by atoms with E-state index in [1.54, 1.807) is 28.8 Å². The lowest BCUT2D eigenvalue weighted by Crippen LogP contribution is -2.33. The predicted octanol–water partition coefficient (Wildman–Crippen LogP) is 3.11. The van der Waals surface area contributed by atoms with E-state index < -0.39 is 0 Å². The Morgan fingerprint density at radius 1 is 1.25 bits per heavy atom. The lowest BCUT2D eigenvalue weighted by Gasteiger charge is -2.14.